The monoisotopic (exact) mass is 453 g/mol. The number of nitrogens with one attached hydrogen (secondary N) is 2. The van der Waals surface area contributed by atoms with Gasteiger partial charge in [-0.3, -0.25) is 15.0 Å². The summed E-state index contributed by atoms with van der Waals surface area (Å²) < 4.78 is 4.98. The number of amidine groups is 1. The molecule has 0 spiro atoms. The molecule has 0 fully saturated rings. The maximum Gasteiger partial charge on any atom is 0.311 e. The summed E-state index contributed by atoms with van der Waals surface area (Å²) in [6, 6.07) is 23.3. The predicted molar refractivity (Wildman–Crippen MR) is 132 cm³/mol. The Bertz CT molecular complexity index is 1230. The second kappa shape index (κ2) is 11.5. The maximum atomic E-state index is 12.8. The van der Waals surface area contributed by atoms with E-state index in [0.29, 0.717) is 17.5 Å². The number of ether oxygens (including phenoxy) is 1. The van der Waals surface area contributed by atoms with Crippen molar-refractivity contribution in [2.45, 2.75) is 19.4 Å². The van der Waals surface area contributed by atoms with Crippen LogP contribution in [-0.4, -0.2) is 30.9 Å². The summed E-state index contributed by atoms with van der Waals surface area (Å²) in [6.45, 7) is 1.77. The van der Waals surface area contributed by atoms with Gasteiger partial charge in [0.25, 0.3) is 5.91 Å². The second-order valence-corrected chi connectivity index (χ2v) is 7.90. The molecule has 0 heterocycles. The van der Waals surface area contributed by atoms with E-state index in [-0.39, 0.29) is 11.7 Å². The molecule has 0 bridgehead atoms. The molecule has 172 valence electrons. The predicted octanol–water partition coefficient (Wildman–Crippen LogP) is 3.52. The Morgan fingerprint density at radius 1 is 0.941 bits per heavy atom. The van der Waals surface area contributed by atoms with Crippen molar-refractivity contribution in [2.75, 3.05) is 7.11 Å². The minimum atomic E-state index is -0.604. The highest BCUT2D eigenvalue weighted by molar-refractivity contribution is 5.95. The number of nitrogen functional groups attached to an aromatic ring is 1. The van der Waals surface area contributed by atoms with Gasteiger partial charge < -0.3 is 15.8 Å². The molecule has 0 radical (unpaired) electrons. The van der Waals surface area contributed by atoms with Crippen molar-refractivity contribution in [3.63, 3.8) is 0 Å². The molecule has 4 N–H and O–H groups in total. The fourth-order valence-electron chi connectivity index (χ4n) is 3.50. The molecule has 3 rings (SSSR count). The fourth-order valence-corrected chi connectivity index (χ4v) is 3.50. The van der Waals surface area contributed by atoms with Crippen LogP contribution in [-0.2, 0) is 16.0 Å². The van der Waals surface area contributed by atoms with E-state index in [1.807, 2.05) is 36.4 Å². The Kier molecular flexibility index (Phi) is 8.20. The average Bonchev–Trinajstić information content (AvgIpc) is 2.86. The Balaban J connectivity index is 1.69. The van der Waals surface area contributed by atoms with E-state index in [2.05, 4.69) is 17.2 Å². The van der Waals surface area contributed by atoms with E-state index < -0.39 is 17.9 Å². The number of hydrogen-bond acceptors (Lipinski definition) is 4. The van der Waals surface area contributed by atoms with E-state index in [9.17, 15) is 9.59 Å². The van der Waals surface area contributed by atoms with Gasteiger partial charge in [0.05, 0.1) is 13.0 Å². The molecule has 3 aromatic rings. The van der Waals surface area contributed by atoms with Crippen LogP contribution in [0.15, 0.2) is 78.9 Å². The summed E-state index contributed by atoms with van der Waals surface area (Å²) in [7, 11) is 1.32. The standard InChI is InChI=1S/C28H27N3O3/c1-19(25(28(33)34-2)18-22-9-6-10-24(17-22)26(29)30)31-27(32)23-15-13-21(14-16-23)12-11-20-7-4-3-5-8-20/h3-10,13-17,19,25H,18H2,1-2H3,(H3,29,30)(H,31,32). The largest absolute Gasteiger partial charge is 0.469 e. The van der Waals surface area contributed by atoms with Crippen LogP contribution in [0.5, 0.6) is 0 Å². The van der Waals surface area contributed by atoms with Crippen molar-refractivity contribution >= 4 is 17.7 Å². The molecule has 6 nitrogen and oxygen atoms in total. The summed E-state index contributed by atoms with van der Waals surface area (Å²) in [4.78, 5) is 25.3. The summed E-state index contributed by atoms with van der Waals surface area (Å²) in [5.41, 5.74) is 9.16. The Morgan fingerprint density at radius 3 is 2.21 bits per heavy atom. The van der Waals surface area contributed by atoms with Crippen molar-refractivity contribution < 1.29 is 14.3 Å². The third kappa shape index (κ3) is 6.57. The van der Waals surface area contributed by atoms with Gasteiger partial charge in [-0.2, -0.15) is 0 Å². The van der Waals surface area contributed by atoms with Crippen molar-refractivity contribution in [3.8, 4) is 11.8 Å². The van der Waals surface area contributed by atoms with Crippen LogP contribution in [0.4, 0.5) is 0 Å². The lowest BCUT2D eigenvalue weighted by Crippen LogP contribution is -2.42. The van der Waals surface area contributed by atoms with Crippen LogP contribution < -0.4 is 11.1 Å². The number of nitrogens with two attached hydrogens (primary N) is 1. The number of methoxy groups -OCH3 is 1. The van der Waals surface area contributed by atoms with Gasteiger partial charge in [0.2, 0.25) is 0 Å². The SMILES string of the molecule is COC(=O)C(Cc1cccc(C(=N)N)c1)C(C)NC(=O)c1ccc(C#Cc2ccccc2)cc1. The zero-order chi connectivity index (χ0) is 24.5. The lowest BCUT2D eigenvalue weighted by Gasteiger charge is -2.23. The van der Waals surface area contributed by atoms with Gasteiger partial charge in [-0.15, -0.1) is 0 Å². The van der Waals surface area contributed by atoms with Gasteiger partial charge in [0, 0.05) is 28.3 Å². The van der Waals surface area contributed by atoms with E-state index in [0.717, 1.165) is 16.7 Å². The summed E-state index contributed by atoms with van der Waals surface area (Å²) in [5.74, 6) is 4.80. The molecule has 3 aromatic carbocycles. The van der Waals surface area contributed by atoms with E-state index in [1.165, 1.54) is 7.11 Å². The summed E-state index contributed by atoms with van der Waals surface area (Å²) in [6.07, 6.45) is 0.337. The molecule has 1 amide bonds. The van der Waals surface area contributed by atoms with Crippen LogP contribution in [0.1, 0.15) is 39.5 Å². The molecular formula is C28H27N3O3. The molecule has 2 atom stereocenters. The van der Waals surface area contributed by atoms with Gasteiger partial charge in [-0.1, -0.05) is 48.2 Å². The molecule has 0 saturated heterocycles. The van der Waals surface area contributed by atoms with Gasteiger partial charge in [-0.25, -0.2) is 0 Å². The molecule has 0 aliphatic rings. The Morgan fingerprint density at radius 2 is 1.59 bits per heavy atom. The van der Waals surface area contributed by atoms with Gasteiger partial charge in [-0.05, 0) is 61.4 Å². The quantitative estimate of drug-likeness (QED) is 0.220. The minimum absolute atomic E-state index is 0.0466. The van der Waals surface area contributed by atoms with Crippen LogP contribution in [0.25, 0.3) is 0 Å². The first-order valence-electron chi connectivity index (χ1n) is 10.9. The third-order valence-corrected chi connectivity index (χ3v) is 5.43. The van der Waals surface area contributed by atoms with Gasteiger partial charge in [0.15, 0.2) is 0 Å². The van der Waals surface area contributed by atoms with E-state index >= 15 is 0 Å². The van der Waals surface area contributed by atoms with Crippen LogP contribution in [0.3, 0.4) is 0 Å². The molecule has 0 aliphatic heterocycles. The van der Waals surface area contributed by atoms with Gasteiger partial charge >= 0.3 is 5.97 Å². The number of carbonyl (C=O) groups is 2. The van der Waals surface area contributed by atoms with Crippen LogP contribution in [0.2, 0.25) is 0 Å². The lowest BCUT2D eigenvalue weighted by molar-refractivity contribution is -0.146. The van der Waals surface area contributed by atoms with Crippen LogP contribution >= 0.6 is 0 Å². The molecule has 0 aromatic heterocycles. The number of hydrogen-bond donors (Lipinski definition) is 3. The first-order valence-corrected chi connectivity index (χ1v) is 10.9. The number of esters is 1. The number of amides is 1. The molecular weight excluding hydrogens is 426 g/mol. The van der Waals surface area contributed by atoms with Crippen molar-refractivity contribution in [3.05, 3.63) is 107 Å². The zero-order valence-corrected chi connectivity index (χ0v) is 19.2. The average molecular weight is 454 g/mol. The first-order chi connectivity index (χ1) is 16.4. The van der Waals surface area contributed by atoms with Crippen molar-refractivity contribution in [1.82, 2.24) is 5.32 Å². The molecule has 0 saturated carbocycles. The highest BCUT2D eigenvalue weighted by Gasteiger charge is 2.28. The fraction of sp³-hybridized carbons (Fsp3) is 0.179. The normalized spacial score (nSPS) is 11.9. The van der Waals surface area contributed by atoms with Gasteiger partial charge in [0.1, 0.15) is 5.84 Å². The molecule has 6 heteroatoms. The summed E-state index contributed by atoms with van der Waals surface area (Å²) >= 11 is 0. The highest BCUT2D eigenvalue weighted by atomic mass is 16.5. The maximum absolute atomic E-state index is 12.8. The Hall–Kier alpha value is -4.37. The first kappa shape index (κ1) is 24.3. The highest BCUT2D eigenvalue weighted by Crippen LogP contribution is 2.17. The molecule has 0 aliphatic carbocycles. The number of rotatable bonds is 7. The van der Waals surface area contributed by atoms with E-state index in [1.54, 1.807) is 49.4 Å². The second-order valence-electron chi connectivity index (χ2n) is 7.90. The van der Waals surface area contributed by atoms with E-state index in [4.69, 9.17) is 15.9 Å². The Labute approximate surface area is 199 Å². The molecule has 34 heavy (non-hydrogen) atoms. The minimum Gasteiger partial charge on any atom is -0.469 e. The third-order valence-electron chi connectivity index (χ3n) is 5.43. The number of benzene rings is 3. The number of carbonyl (C=O) groups excluding carboxylic acids is 2. The van der Waals surface area contributed by atoms with Crippen molar-refractivity contribution in [2.24, 2.45) is 11.7 Å². The summed E-state index contributed by atoms with van der Waals surface area (Å²) in [5, 5.41) is 10.5. The lowest BCUT2D eigenvalue weighted by atomic mass is 9.92. The van der Waals surface area contributed by atoms with Crippen LogP contribution in [0, 0.1) is 23.2 Å². The smallest absolute Gasteiger partial charge is 0.311 e. The topological polar surface area (TPSA) is 105 Å². The zero-order valence-electron chi connectivity index (χ0n) is 19.2. The molecule has 2 unspecified atom stereocenters. The van der Waals surface area contributed by atoms with Crippen molar-refractivity contribution in [1.29, 1.82) is 5.41 Å².